The van der Waals surface area contributed by atoms with Gasteiger partial charge in [0.2, 0.25) is 5.79 Å². The van der Waals surface area contributed by atoms with Gasteiger partial charge in [0.15, 0.2) is 5.78 Å². The van der Waals surface area contributed by atoms with Crippen molar-refractivity contribution in [3.63, 3.8) is 0 Å². The Hall–Kier alpha value is -2.22. The summed E-state index contributed by atoms with van der Waals surface area (Å²) >= 11 is 0. The summed E-state index contributed by atoms with van der Waals surface area (Å²) in [5.41, 5.74) is 0.500. The number of carbonyl (C=O) groups excluding carboxylic acids is 2. The normalized spacial score (nSPS) is 30.8. The van der Waals surface area contributed by atoms with Gasteiger partial charge in [0.1, 0.15) is 24.1 Å². The molecule has 1 fully saturated rings. The van der Waals surface area contributed by atoms with E-state index in [2.05, 4.69) is 0 Å². The van der Waals surface area contributed by atoms with Gasteiger partial charge in [-0.15, -0.1) is 0 Å². The van der Waals surface area contributed by atoms with Gasteiger partial charge in [-0.3, -0.25) is 9.59 Å². The van der Waals surface area contributed by atoms with E-state index in [1.807, 2.05) is 0 Å². The summed E-state index contributed by atoms with van der Waals surface area (Å²) in [6.45, 7) is 1.58. The van der Waals surface area contributed by atoms with Gasteiger partial charge in [-0.05, 0) is 36.4 Å². The number of benzene rings is 1. The maximum atomic E-state index is 12.7. The topological polar surface area (TPSA) is 91.3 Å². The summed E-state index contributed by atoms with van der Waals surface area (Å²) in [5.74, 6) is -1.35. The Kier molecular flexibility index (Phi) is 5.41. The van der Waals surface area contributed by atoms with Gasteiger partial charge >= 0.3 is 5.97 Å². The van der Waals surface area contributed by atoms with E-state index in [4.69, 9.17) is 18.9 Å². The lowest BCUT2D eigenvalue weighted by atomic mass is 9.93. The first-order valence-electron chi connectivity index (χ1n) is 8.48. The van der Waals surface area contributed by atoms with Gasteiger partial charge in [-0.1, -0.05) is 0 Å². The van der Waals surface area contributed by atoms with Crippen molar-refractivity contribution < 1.29 is 33.6 Å². The number of aliphatic hydroxyl groups excluding tert-OH is 1. The fourth-order valence-corrected chi connectivity index (χ4v) is 3.14. The van der Waals surface area contributed by atoms with Crippen LogP contribution >= 0.6 is 0 Å². The molecule has 7 heteroatoms. The summed E-state index contributed by atoms with van der Waals surface area (Å²) in [6.07, 6.45) is 1.35. The van der Waals surface area contributed by atoms with Crippen LogP contribution in [0.2, 0.25) is 0 Å². The predicted molar refractivity (Wildman–Crippen MR) is 90.8 cm³/mol. The van der Waals surface area contributed by atoms with Crippen molar-refractivity contribution >= 4 is 11.8 Å². The van der Waals surface area contributed by atoms with E-state index >= 15 is 0 Å². The van der Waals surface area contributed by atoms with Gasteiger partial charge in [0.25, 0.3) is 0 Å². The average molecular weight is 362 g/mol. The molecule has 1 aromatic carbocycles. The second kappa shape index (κ2) is 7.57. The Labute approximate surface area is 151 Å². The van der Waals surface area contributed by atoms with Crippen molar-refractivity contribution in [1.29, 1.82) is 0 Å². The smallest absolute Gasteiger partial charge is 0.303 e. The number of rotatable bonds is 4. The van der Waals surface area contributed by atoms with Crippen molar-refractivity contribution in [3.8, 4) is 5.75 Å². The van der Waals surface area contributed by atoms with Crippen LogP contribution in [0.3, 0.4) is 0 Å². The van der Waals surface area contributed by atoms with Crippen LogP contribution in [0.25, 0.3) is 0 Å². The minimum Gasteiger partial charge on any atom is -0.497 e. The standard InChI is InChI=1S/C19H22O7/c1-12(20)25-15-7-9-19(17(21)11-15)24-10-8-16(26-19)18(22)13-3-5-14(23-2)6-4-13/h3-7,9,15-17,21H,8,10-11H2,1-2H3/t15-,16-,17+,19-/m1/s1. The summed E-state index contributed by atoms with van der Waals surface area (Å²) in [7, 11) is 1.56. The van der Waals surface area contributed by atoms with E-state index < -0.39 is 30.1 Å². The summed E-state index contributed by atoms with van der Waals surface area (Å²) in [6, 6.07) is 6.77. The molecule has 4 atom stereocenters. The molecule has 1 aromatic rings. The van der Waals surface area contributed by atoms with Gasteiger partial charge < -0.3 is 24.1 Å². The van der Waals surface area contributed by atoms with Crippen molar-refractivity contribution in [3.05, 3.63) is 42.0 Å². The molecule has 0 bridgehead atoms. The highest BCUT2D eigenvalue weighted by atomic mass is 16.7. The molecule has 1 N–H and O–H groups in total. The van der Waals surface area contributed by atoms with Gasteiger partial charge in [-0.2, -0.15) is 0 Å². The molecule has 0 radical (unpaired) electrons. The molecule has 0 amide bonds. The summed E-state index contributed by atoms with van der Waals surface area (Å²) < 4.78 is 21.7. The SMILES string of the molecule is COc1ccc(C(=O)[C@H]2CCO[C@]3(C=C[C@@H](OC(C)=O)C[C@@H]3O)O2)cc1. The monoisotopic (exact) mass is 362 g/mol. The number of esters is 1. The average Bonchev–Trinajstić information content (AvgIpc) is 2.64. The first-order chi connectivity index (χ1) is 12.4. The third kappa shape index (κ3) is 3.80. The van der Waals surface area contributed by atoms with Gasteiger partial charge in [-0.25, -0.2) is 0 Å². The number of aliphatic hydroxyl groups is 1. The molecular formula is C19H22O7. The molecule has 2 aliphatic rings. The number of hydrogen-bond donors (Lipinski definition) is 1. The van der Waals surface area contributed by atoms with Crippen LogP contribution in [-0.4, -0.2) is 54.7 Å². The maximum absolute atomic E-state index is 12.7. The minimum atomic E-state index is -1.40. The predicted octanol–water partition coefficient (Wildman–Crippen LogP) is 1.63. The minimum absolute atomic E-state index is 0.138. The van der Waals surface area contributed by atoms with Gasteiger partial charge in [0.05, 0.1) is 13.7 Å². The van der Waals surface area contributed by atoms with Crippen LogP contribution in [0, 0.1) is 0 Å². The van der Waals surface area contributed by atoms with Crippen LogP contribution in [0.5, 0.6) is 5.75 Å². The van der Waals surface area contributed by atoms with Crippen molar-refractivity contribution in [2.45, 2.75) is 43.9 Å². The molecule has 0 unspecified atom stereocenters. The lowest BCUT2D eigenvalue weighted by Crippen LogP contribution is -2.56. The van der Waals surface area contributed by atoms with Crippen LogP contribution in [0.15, 0.2) is 36.4 Å². The Morgan fingerprint density at radius 1 is 1.27 bits per heavy atom. The largest absolute Gasteiger partial charge is 0.497 e. The molecular weight excluding hydrogens is 340 g/mol. The molecule has 0 saturated carbocycles. The molecule has 1 heterocycles. The van der Waals surface area contributed by atoms with Crippen LogP contribution < -0.4 is 4.74 Å². The fourth-order valence-electron chi connectivity index (χ4n) is 3.14. The Balaban J connectivity index is 1.74. The highest BCUT2D eigenvalue weighted by molar-refractivity contribution is 5.99. The molecule has 1 aliphatic heterocycles. The Morgan fingerprint density at radius 3 is 2.62 bits per heavy atom. The third-order valence-electron chi connectivity index (χ3n) is 4.48. The quantitative estimate of drug-likeness (QED) is 0.494. The van der Waals surface area contributed by atoms with Crippen molar-refractivity contribution in [2.24, 2.45) is 0 Å². The van der Waals surface area contributed by atoms with E-state index in [0.29, 0.717) is 17.7 Å². The molecule has 1 aliphatic carbocycles. The fraction of sp³-hybridized carbons (Fsp3) is 0.474. The lowest BCUT2D eigenvalue weighted by molar-refractivity contribution is -0.298. The Bertz CT molecular complexity index is 696. The van der Waals surface area contributed by atoms with E-state index in [0.717, 1.165) is 0 Å². The number of methoxy groups -OCH3 is 1. The molecule has 1 saturated heterocycles. The number of Topliss-reactive ketones (excluding diaryl/α,β-unsaturated/α-hetero) is 1. The zero-order chi connectivity index (χ0) is 18.7. The molecule has 1 spiro atoms. The van der Waals surface area contributed by atoms with Crippen molar-refractivity contribution in [1.82, 2.24) is 0 Å². The second-order valence-electron chi connectivity index (χ2n) is 6.32. The molecule has 0 aromatic heterocycles. The van der Waals surface area contributed by atoms with E-state index in [9.17, 15) is 14.7 Å². The molecule has 7 nitrogen and oxygen atoms in total. The summed E-state index contributed by atoms with van der Waals surface area (Å²) in [5, 5.41) is 10.5. The number of hydrogen-bond acceptors (Lipinski definition) is 7. The maximum Gasteiger partial charge on any atom is 0.303 e. The molecule has 140 valence electrons. The number of ether oxygens (including phenoxy) is 4. The number of carbonyl (C=O) groups is 2. The highest BCUT2D eigenvalue weighted by Gasteiger charge is 2.48. The van der Waals surface area contributed by atoms with Crippen LogP contribution in [0.4, 0.5) is 0 Å². The van der Waals surface area contributed by atoms with E-state index in [-0.39, 0.29) is 18.8 Å². The Morgan fingerprint density at radius 2 is 2.00 bits per heavy atom. The third-order valence-corrected chi connectivity index (χ3v) is 4.48. The first kappa shape index (κ1) is 18.6. The molecule has 3 rings (SSSR count). The van der Waals surface area contributed by atoms with Crippen LogP contribution in [0.1, 0.15) is 30.1 Å². The second-order valence-corrected chi connectivity index (χ2v) is 6.32. The van der Waals surface area contributed by atoms with Gasteiger partial charge in [0, 0.05) is 25.3 Å². The highest BCUT2D eigenvalue weighted by Crippen LogP contribution is 2.35. The zero-order valence-corrected chi connectivity index (χ0v) is 14.7. The lowest BCUT2D eigenvalue weighted by Gasteiger charge is -2.44. The van der Waals surface area contributed by atoms with E-state index in [1.165, 1.54) is 13.0 Å². The first-order valence-corrected chi connectivity index (χ1v) is 8.48. The van der Waals surface area contributed by atoms with Crippen LogP contribution in [-0.2, 0) is 19.0 Å². The van der Waals surface area contributed by atoms with E-state index in [1.54, 1.807) is 37.5 Å². The van der Waals surface area contributed by atoms with Crippen molar-refractivity contribution in [2.75, 3.05) is 13.7 Å². The zero-order valence-electron chi connectivity index (χ0n) is 14.7. The number of ketones is 1. The summed E-state index contributed by atoms with van der Waals surface area (Å²) in [4.78, 5) is 23.8. The molecule has 26 heavy (non-hydrogen) atoms.